The fourth-order valence-electron chi connectivity index (χ4n) is 3.14. The predicted octanol–water partition coefficient (Wildman–Crippen LogP) is 3.77. The molecule has 0 spiro atoms. The third kappa shape index (κ3) is 5.53. The topological polar surface area (TPSA) is 104 Å². The van der Waals surface area contributed by atoms with E-state index in [1.807, 2.05) is 24.3 Å². The summed E-state index contributed by atoms with van der Waals surface area (Å²) in [6.07, 6.45) is 1.88. The van der Waals surface area contributed by atoms with Gasteiger partial charge in [0.15, 0.2) is 0 Å². The molecule has 7 nitrogen and oxygen atoms in total. The summed E-state index contributed by atoms with van der Waals surface area (Å²) in [7, 11) is -3.69. The van der Waals surface area contributed by atoms with Crippen molar-refractivity contribution in [1.29, 1.82) is 0 Å². The first-order valence-corrected chi connectivity index (χ1v) is 11.7. The van der Waals surface area contributed by atoms with Crippen LogP contribution in [0.25, 0.3) is 0 Å². The molecule has 3 N–H and O–H groups in total. The number of benzene rings is 3. The van der Waals surface area contributed by atoms with Crippen LogP contribution in [0.1, 0.15) is 28.8 Å². The van der Waals surface area contributed by atoms with Crippen molar-refractivity contribution in [2.45, 2.75) is 24.3 Å². The molecular formula is C24H23N3O4S. The van der Waals surface area contributed by atoms with Crippen molar-refractivity contribution in [3.05, 3.63) is 90.0 Å². The Morgan fingerprint density at radius 3 is 2.25 bits per heavy atom. The Hall–Kier alpha value is -3.65. The predicted molar refractivity (Wildman–Crippen MR) is 123 cm³/mol. The van der Waals surface area contributed by atoms with E-state index in [4.69, 9.17) is 0 Å². The van der Waals surface area contributed by atoms with E-state index >= 15 is 0 Å². The van der Waals surface area contributed by atoms with Crippen molar-refractivity contribution < 1.29 is 18.0 Å². The van der Waals surface area contributed by atoms with Crippen LogP contribution in [0.3, 0.4) is 0 Å². The summed E-state index contributed by atoms with van der Waals surface area (Å²) in [5, 5.41) is 5.73. The average molecular weight is 450 g/mol. The Labute approximate surface area is 186 Å². The molecular weight excluding hydrogens is 426 g/mol. The summed E-state index contributed by atoms with van der Waals surface area (Å²) in [6.45, 7) is 0.300. The first kappa shape index (κ1) is 21.6. The van der Waals surface area contributed by atoms with Crippen molar-refractivity contribution >= 4 is 33.2 Å². The summed E-state index contributed by atoms with van der Waals surface area (Å²) in [4.78, 5) is 24.5. The fourth-order valence-corrected chi connectivity index (χ4v) is 4.22. The van der Waals surface area contributed by atoms with Crippen molar-refractivity contribution in [1.82, 2.24) is 5.32 Å². The first-order chi connectivity index (χ1) is 15.4. The fraction of sp³-hybridized carbons (Fsp3) is 0.167. The van der Waals surface area contributed by atoms with Crippen LogP contribution in [0.4, 0.5) is 11.4 Å². The molecule has 0 heterocycles. The van der Waals surface area contributed by atoms with Gasteiger partial charge in [-0.1, -0.05) is 30.3 Å². The molecule has 0 unspecified atom stereocenters. The van der Waals surface area contributed by atoms with E-state index in [1.165, 1.54) is 12.1 Å². The van der Waals surface area contributed by atoms with Gasteiger partial charge in [-0.2, -0.15) is 0 Å². The first-order valence-electron chi connectivity index (χ1n) is 10.3. The number of hydrogen-bond donors (Lipinski definition) is 3. The van der Waals surface area contributed by atoms with E-state index < -0.39 is 10.0 Å². The van der Waals surface area contributed by atoms with Crippen molar-refractivity contribution in [3.63, 3.8) is 0 Å². The molecule has 32 heavy (non-hydrogen) atoms. The highest BCUT2D eigenvalue weighted by molar-refractivity contribution is 7.92. The molecule has 3 aromatic carbocycles. The van der Waals surface area contributed by atoms with Gasteiger partial charge in [0.1, 0.15) is 0 Å². The number of amides is 2. The molecule has 0 bridgehead atoms. The average Bonchev–Trinajstić information content (AvgIpc) is 3.64. The highest BCUT2D eigenvalue weighted by atomic mass is 32.2. The van der Waals surface area contributed by atoms with E-state index in [1.54, 1.807) is 42.5 Å². The maximum absolute atomic E-state index is 12.5. The van der Waals surface area contributed by atoms with Crippen molar-refractivity contribution in [2.24, 2.45) is 5.92 Å². The Morgan fingerprint density at radius 1 is 0.844 bits per heavy atom. The summed E-state index contributed by atoms with van der Waals surface area (Å²) in [6, 6.07) is 21.6. The third-order valence-electron chi connectivity index (χ3n) is 5.05. The molecule has 1 aliphatic rings. The number of anilines is 2. The van der Waals surface area contributed by atoms with Gasteiger partial charge < -0.3 is 10.6 Å². The molecule has 0 atom stereocenters. The molecule has 2 amide bonds. The van der Waals surface area contributed by atoms with E-state index in [2.05, 4.69) is 15.4 Å². The molecule has 3 aromatic rings. The smallest absolute Gasteiger partial charge is 0.261 e. The van der Waals surface area contributed by atoms with Crippen LogP contribution in [-0.2, 0) is 21.4 Å². The number of nitrogens with one attached hydrogen (secondary N) is 3. The van der Waals surface area contributed by atoms with Crippen molar-refractivity contribution in [3.8, 4) is 0 Å². The zero-order valence-corrected chi connectivity index (χ0v) is 18.1. The zero-order chi connectivity index (χ0) is 22.6. The van der Waals surface area contributed by atoms with E-state index in [0.29, 0.717) is 23.5 Å². The number of carbonyl (C=O) groups excluding carboxylic acids is 2. The monoisotopic (exact) mass is 449 g/mol. The van der Waals surface area contributed by atoms with Crippen LogP contribution in [0, 0.1) is 5.92 Å². The van der Waals surface area contributed by atoms with Gasteiger partial charge in [-0.3, -0.25) is 14.3 Å². The minimum Gasteiger partial charge on any atom is -0.348 e. The van der Waals surface area contributed by atoms with Crippen LogP contribution in [0.5, 0.6) is 0 Å². The Kier molecular flexibility index (Phi) is 6.23. The zero-order valence-electron chi connectivity index (χ0n) is 17.2. The van der Waals surface area contributed by atoms with E-state index in [9.17, 15) is 18.0 Å². The highest BCUT2D eigenvalue weighted by Gasteiger charge is 2.29. The lowest BCUT2D eigenvalue weighted by atomic mass is 10.1. The SMILES string of the molecule is O=C(NCc1cccc(NC(=O)C2CC2)c1)c1ccc(NS(=O)(=O)c2ccccc2)cc1. The second-order valence-corrected chi connectivity index (χ2v) is 9.32. The number of rotatable bonds is 8. The molecule has 1 saturated carbocycles. The lowest BCUT2D eigenvalue weighted by Gasteiger charge is -2.10. The third-order valence-corrected chi connectivity index (χ3v) is 6.45. The number of sulfonamides is 1. The Morgan fingerprint density at radius 2 is 1.56 bits per heavy atom. The van der Waals surface area contributed by atoms with Gasteiger partial charge in [-0.25, -0.2) is 8.42 Å². The molecule has 164 valence electrons. The molecule has 8 heteroatoms. The summed E-state index contributed by atoms with van der Waals surface area (Å²) < 4.78 is 27.3. The highest BCUT2D eigenvalue weighted by Crippen LogP contribution is 2.30. The molecule has 1 aliphatic carbocycles. The summed E-state index contributed by atoms with van der Waals surface area (Å²) in [5.74, 6) is -0.123. The number of carbonyl (C=O) groups is 2. The van der Waals surface area contributed by atoms with Gasteiger partial charge >= 0.3 is 0 Å². The largest absolute Gasteiger partial charge is 0.348 e. The van der Waals surface area contributed by atoms with E-state index in [-0.39, 0.29) is 22.6 Å². The second-order valence-electron chi connectivity index (χ2n) is 7.64. The summed E-state index contributed by atoms with van der Waals surface area (Å²) in [5.41, 5.74) is 2.35. The minimum atomic E-state index is -3.69. The molecule has 0 aliphatic heterocycles. The van der Waals surface area contributed by atoms with Crippen LogP contribution < -0.4 is 15.4 Å². The number of hydrogen-bond acceptors (Lipinski definition) is 4. The normalized spacial score (nSPS) is 13.2. The Bertz CT molecular complexity index is 1220. The molecule has 0 saturated heterocycles. The standard InChI is InChI=1S/C24H23N3O4S/c28-23(25-16-17-5-4-6-21(15-17)26-24(29)19-9-10-19)18-11-13-20(14-12-18)27-32(30,31)22-7-2-1-3-8-22/h1-8,11-15,19,27H,9-10,16H2,(H,25,28)(H,26,29). The Balaban J connectivity index is 1.34. The van der Waals surface area contributed by atoms with Gasteiger partial charge in [-0.15, -0.1) is 0 Å². The van der Waals surface area contributed by atoms with Crippen LogP contribution in [-0.4, -0.2) is 20.2 Å². The lowest BCUT2D eigenvalue weighted by Crippen LogP contribution is -2.23. The molecule has 0 radical (unpaired) electrons. The summed E-state index contributed by atoms with van der Waals surface area (Å²) >= 11 is 0. The second kappa shape index (κ2) is 9.23. The molecule has 0 aromatic heterocycles. The van der Waals surface area contributed by atoms with Crippen LogP contribution in [0.2, 0.25) is 0 Å². The van der Waals surface area contributed by atoms with Crippen LogP contribution in [0.15, 0.2) is 83.8 Å². The van der Waals surface area contributed by atoms with Gasteiger partial charge in [0.25, 0.3) is 15.9 Å². The van der Waals surface area contributed by atoms with Gasteiger partial charge in [-0.05, 0) is 66.9 Å². The molecule has 4 rings (SSSR count). The van der Waals surface area contributed by atoms with E-state index in [0.717, 1.165) is 18.4 Å². The van der Waals surface area contributed by atoms with Gasteiger partial charge in [0, 0.05) is 29.4 Å². The lowest BCUT2D eigenvalue weighted by molar-refractivity contribution is -0.117. The van der Waals surface area contributed by atoms with Crippen molar-refractivity contribution in [2.75, 3.05) is 10.0 Å². The minimum absolute atomic E-state index is 0.0363. The van der Waals surface area contributed by atoms with Gasteiger partial charge in [0.05, 0.1) is 4.90 Å². The quantitative estimate of drug-likeness (QED) is 0.487. The maximum Gasteiger partial charge on any atom is 0.261 e. The van der Waals surface area contributed by atoms with Gasteiger partial charge in [0.2, 0.25) is 5.91 Å². The molecule has 1 fully saturated rings. The van der Waals surface area contributed by atoms with Crippen LogP contribution >= 0.6 is 0 Å². The maximum atomic E-state index is 12.5.